The fourth-order valence-corrected chi connectivity index (χ4v) is 35.7. The molecule has 0 aliphatic heterocycles. The van der Waals surface area contributed by atoms with Crippen LogP contribution >= 0.6 is 36.3 Å². The summed E-state index contributed by atoms with van der Waals surface area (Å²) in [5.41, 5.74) is 0. The minimum absolute atomic E-state index is 0. The van der Waals surface area contributed by atoms with E-state index in [-0.39, 0.29) is 91.9 Å². The highest BCUT2D eigenvalue weighted by Crippen LogP contribution is 2.62. The zero-order chi connectivity index (χ0) is 72.9. The van der Waals surface area contributed by atoms with Gasteiger partial charge in [0.15, 0.2) is 0 Å². The van der Waals surface area contributed by atoms with E-state index in [0.717, 1.165) is 12.3 Å². The van der Waals surface area contributed by atoms with Crippen molar-refractivity contribution in [3.05, 3.63) is 394 Å². The van der Waals surface area contributed by atoms with Crippen LogP contribution in [0.4, 0.5) is 0 Å². The van der Waals surface area contributed by atoms with Crippen LogP contribution in [0.2, 0.25) is 0 Å². The van der Waals surface area contributed by atoms with Gasteiger partial charge in [0.1, 0.15) is 98.0 Å². The summed E-state index contributed by atoms with van der Waals surface area (Å²) in [6.45, 7) is 16.5. The predicted molar refractivity (Wildman–Crippen MR) is 480 cm³/mol. The minimum atomic E-state index is -1.91. The Labute approximate surface area is 720 Å². The second-order valence-corrected chi connectivity index (χ2v) is 46.0. The lowest BCUT2D eigenvalue weighted by molar-refractivity contribution is -0.00100. The molecular weight excluding hydrogens is 1790 g/mol. The van der Waals surface area contributed by atoms with Gasteiger partial charge in [0.2, 0.25) is 0 Å². The maximum Gasteiger partial charge on any atom is 0.144 e. The Kier molecular flexibility index (Phi) is 45.9. The molecule has 13 aromatic carbocycles. The summed E-state index contributed by atoms with van der Waals surface area (Å²) in [4.78, 5) is 0. The maximum absolute atomic E-state index is 2.41. The van der Waals surface area contributed by atoms with E-state index in [2.05, 4.69) is 443 Å². The highest BCUT2D eigenvalue weighted by molar-refractivity contribution is 8.01. The number of hydrogen-bond donors (Lipinski definition) is 0. The van der Waals surface area contributed by atoms with Crippen LogP contribution in [-0.4, -0.2) is 43.6 Å². The van der Waals surface area contributed by atoms with Gasteiger partial charge in [0, 0.05) is 7.26 Å². The molecule has 109 heavy (non-hydrogen) atoms. The second-order valence-electron chi connectivity index (χ2n) is 26.9. The average Bonchev–Trinajstić information content (AvgIpc) is 0.736. The Morgan fingerprint density at radius 1 is 0.183 bits per heavy atom. The summed E-state index contributed by atoms with van der Waals surface area (Å²) < 4.78 is 0. The lowest BCUT2D eigenvalue weighted by atomic mass is 10.3. The Hall–Kier alpha value is -5.34. The lowest BCUT2D eigenvalue weighted by Crippen LogP contribution is -3.00. The van der Waals surface area contributed by atoms with Crippen LogP contribution in [0.25, 0.3) is 0 Å². The largest absolute Gasteiger partial charge is 1.00 e. The Morgan fingerprint density at radius 2 is 0.312 bits per heavy atom. The van der Waals surface area contributed by atoms with E-state index in [9.17, 15) is 0 Å². The quantitative estimate of drug-likeness (QED) is 0.0380. The van der Waals surface area contributed by atoms with Gasteiger partial charge >= 0.3 is 0 Å². The third-order valence-electron chi connectivity index (χ3n) is 20.5. The number of unbranched alkanes of at least 4 members (excludes halogenated alkanes) is 4. The first-order chi connectivity index (χ1) is 51.2. The summed E-state index contributed by atoms with van der Waals surface area (Å²) in [5.74, 6) is 0. The maximum atomic E-state index is 2.41. The normalized spacial score (nSPS) is 10.9. The van der Waals surface area contributed by atoms with Gasteiger partial charge in [-0.05, 0) is 197 Å². The van der Waals surface area contributed by atoms with Crippen LogP contribution in [0, 0.1) is 0 Å². The molecule has 0 nitrogen and oxygen atoms in total. The molecule has 0 radical (unpaired) electrons. The van der Waals surface area contributed by atoms with Gasteiger partial charge in [-0.3, -0.25) is 0 Å². The molecule has 570 valence electrons. The fourth-order valence-electron chi connectivity index (χ4n) is 14.9. The Balaban J connectivity index is 0.000000286. The fraction of sp³-hybridized carbons (Fsp3) is 0.212. The monoisotopic (exact) mass is 1900 g/mol. The van der Waals surface area contributed by atoms with E-state index in [4.69, 9.17) is 0 Å². The molecule has 13 rings (SSSR count). The summed E-state index contributed by atoms with van der Waals surface area (Å²) in [5, 5.41) is 18.6. The molecule has 0 aliphatic carbocycles. The van der Waals surface area contributed by atoms with Crippen molar-refractivity contribution in [1.82, 2.24) is 0 Å². The van der Waals surface area contributed by atoms with Crippen molar-refractivity contribution in [2.24, 2.45) is 0 Å². The van der Waals surface area contributed by atoms with Gasteiger partial charge < -0.3 is 91.9 Å². The van der Waals surface area contributed by atoms with Crippen LogP contribution in [0.15, 0.2) is 394 Å². The molecule has 0 spiro atoms. The summed E-state index contributed by atoms with van der Waals surface area (Å²) in [6, 6.07) is 142. The molecule has 0 unspecified atom stereocenters. The van der Waals surface area contributed by atoms with Crippen molar-refractivity contribution in [2.45, 2.75) is 92.9 Å². The molecule has 0 saturated carbocycles. The first kappa shape index (κ1) is 96.0. The van der Waals surface area contributed by atoms with Gasteiger partial charge in [0.05, 0.1) is 43.6 Å². The number of halogens is 5. The zero-order valence-corrected chi connectivity index (χ0v) is 78.0. The van der Waals surface area contributed by atoms with Crippen LogP contribution in [0.3, 0.4) is 0 Å². The Morgan fingerprint density at radius 3 is 0.440 bits per heavy atom. The predicted octanol–water partition coefficient (Wildman–Crippen LogP) is 7.14. The molecule has 0 aromatic heterocycles. The van der Waals surface area contributed by atoms with E-state index in [1.807, 2.05) is 0 Å². The molecule has 0 N–H and O–H groups in total. The van der Waals surface area contributed by atoms with Gasteiger partial charge in [-0.25, -0.2) is 0 Å². The molecule has 13 aromatic rings. The first-order valence-corrected chi connectivity index (χ1v) is 48.8. The van der Waals surface area contributed by atoms with Crippen LogP contribution in [0.5, 0.6) is 0 Å². The molecule has 0 saturated heterocycles. The molecule has 0 fully saturated rings. The van der Waals surface area contributed by atoms with Crippen LogP contribution in [0.1, 0.15) is 92.9 Å². The molecule has 0 atom stereocenters. The van der Waals surface area contributed by atoms with Crippen molar-refractivity contribution in [3.8, 4) is 0 Å². The van der Waals surface area contributed by atoms with Crippen molar-refractivity contribution >= 4 is 105 Å². The SMILES string of the molecule is CCCC[P+](CCCC)(CCCC)CCCC.CC[P+](c1ccccc1)(c1ccccc1)c1ccccc1.CC[P+](c1ccccc1)(c1ccccc1)c1ccccc1.C[P+](c1ccccc1)(c1ccccc1)c1ccccc1.[Br-].[Br-].[Br-].[Br-].[I-].c1ccc([P+](c2ccccc2)(c2ccccc2)c2ccccc2)cc1. The van der Waals surface area contributed by atoms with Gasteiger partial charge in [-0.1, -0.05) is 290 Å². The summed E-state index contributed by atoms with van der Waals surface area (Å²) >= 11 is 0. The van der Waals surface area contributed by atoms with Gasteiger partial charge in [-0.2, -0.15) is 0 Å². The molecule has 0 amide bonds. The topological polar surface area (TPSA) is 0 Å². The highest BCUT2D eigenvalue weighted by atomic mass is 127. The van der Waals surface area contributed by atoms with Crippen molar-refractivity contribution in [2.75, 3.05) is 43.6 Å². The number of benzene rings is 13. The minimum Gasteiger partial charge on any atom is -1.00 e. The lowest BCUT2D eigenvalue weighted by Gasteiger charge is -2.28. The van der Waals surface area contributed by atoms with Crippen LogP contribution in [-0.2, 0) is 0 Å². The average molecular weight is 1910 g/mol. The van der Waals surface area contributed by atoms with E-state index in [1.165, 1.54) is 120 Å². The van der Waals surface area contributed by atoms with Gasteiger partial charge in [0.25, 0.3) is 0 Å². The van der Waals surface area contributed by atoms with Crippen LogP contribution < -0.4 is 161 Å². The molecule has 0 heterocycles. The van der Waals surface area contributed by atoms with E-state index in [0.29, 0.717) is 0 Å². The van der Waals surface area contributed by atoms with Gasteiger partial charge in [-0.15, -0.1) is 0 Å². The zero-order valence-electron chi connectivity index (χ0n) is 65.1. The Bertz CT molecular complexity index is 3760. The highest BCUT2D eigenvalue weighted by Gasteiger charge is 2.48. The van der Waals surface area contributed by atoms with E-state index in [1.54, 1.807) is 24.6 Å². The van der Waals surface area contributed by atoms with Crippen molar-refractivity contribution in [3.63, 3.8) is 0 Å². The molecule has 0 aliphatic rings. The molecular formula is C99H114Br4IP5. The summed E-state index contributed by atoms with van der Waals surface area (Å²) in [7, 11) is -7.06. The van der Waals surface area contributed by atoms with E-state index < -0.39 is 36.3 Å². The van der Waals surface area contributed by atoms with Crippen molar-refractivity contribution < 1.29 is 91.9 Å². The number of rotatable bonds is 27. The smallest absolute Gasteiger partial charge is 0.144 e. The molecule has 0 bridgehead atoms. The standard InChI is InChI=1S/C24H20P.2C20H20P.C19H18P.C16H36P.4BrH.HI/c1-5-13-21(14-6-1)25(22-15-7-2-8-16-22,23-17-9-3-10-18-23)24-19-11-4-12-20-24;2*1-2-21(18-12-6-3-7-13-18,19-14-8-4-9-15-19)20-16-10-5-11-17-20;1-20(17-11-5-2-6-12-17,18-13-7-3-8-14-18)19-15-9-4-10-16-19;1-5-9-13-17(14-10-6-2,15-11-7-3)16-12-8-4;;;;;/h1-20H;2*3-17H,2H2,1H3;2-16H,1H3;5-16H2,1-4H3;5*1H/q5*+1;;;;;/p-5. The van der Waals surface area contributed by atoms with E-state index >= 15 is 0 Å². The third-order valence-corrected chi connectivity index (χ3v) is 42.8. The first-order valence-electron chi connectivity index (χ1n) is 38.3. The number of hydrogen-bond acceptors (Lipinski definition) is 0. The second kappa shape index (κ2) is 52.1. The summed E-state index contributed by atoms with van der Waals surface area (Å²) in [6.07, 6.45) is 20.2. The molecule has 10 heteroatoms. The van der Waals surface area contributed by atoms with Crippen molar-refractivity contribution in [1.29, 1.82) is 0 Å². The third kappa shape index (κ3) is 25.3.